The number of Topliss-reactive ketones (excluding diaryl/α,β-unsaturated/α-hetero) is 1. The number of ketones is 1. The van der Waals surface area contributed by atoms with Crippen LogP contribution in [-0.4, -0.2) is 24.5 Å². The summed E-state index contributed by atoms with van der Waals surface area (Å²) >= 11 is 0. The van der Waals surface area contributed by atoms with Gasteiger partial charge >= 0.3 is 6.18 Å². The molecular formula is C17H20F3NO3S. The van der Waals surface area contributed by atoms with Crippen LogP contribution in [0.4, 0.5) is 13.2 Å². The third-order valence-electron chi connectivity index (χ3n) is 4.97. The summed E-state index contributed by atoms with van der Waals surface area (Å²) in [6.45, 7) is 1.33. The smallest absolute Gasteiger partial charge is 0.300 e. The fraction of sp³-hybridized carbons (Fsp3) is 0.588. The molecule has 3 rings (SSSR count). The molecule has 1 heterocycles. The van der Waals surface area contributed by atoms with Gasteiger partial charge in [-0.15, -0.1) is 0 Å². The normalized spacial score (nSPS) is 24.2. The van der Waals surface area contributed by atoms with E-state index in [9.17, 15) is 26.4 Å². The first-order chi connectivity index (χ1) is 11.6. The van der Waals surface area contributed by atoms with Gasteiger partial charge in [0.05, 0.1) is 16.5 Å². The molecule has 1 atom stereocenters. The molecule has 1 saturated carbocycles. The lowest BCUT2D eigenvalue weighted by Gasteiger charge is -2.34. The van der Waals surface area contributed by atoms with E-state index >= 15 is 0 Å². The van der Waals surface area contributed by atoms with Crippen molar-refractivity contribution in [1.82, 2.24) is 4.31 Å². The zero-order chi connectivity index (χ0) is 18.4. The molecule has 2 aliphatic rings. The van der Waals surface area contributed by atoms with Crippen LogP contribution in [-0.2, 0) is 21.0 Å². The Morgan fingerprint density at radius 3 is 2.40 bits per heavy atom. The molecular weight excluding hydrogens is 355 g/mol. The van der Waals surface area contributed by atoms with E-state index in [1.807, 2.05) is 0 Å². The second kappa shape index (κ2) is 6.39. The fourth-order valence-corrected chi connectivity index (χ4v) is 5.98. The van der Waals surface area contributed by atoms with Crippen molar-refractivity contribution in [3.8, 4) is 0 Å². The van der Waals surface area contributed by atoms with Gasteiger partial charge in [-0.3, -0.25) is 4.79 Å². The summed E-state index contributed by atoms with van der Waals surface area (Å²) in [6, 6.07) is 1.62. The maximum atomic E-state index is 13.1. The Morgan fingerprint density at radius 2 is 1.84 bits per heavy atom. The highest BCUT2D eigenvalue weighted by atomic mass is 32.2. The van der Waals surface area contributed by atoms with E-state index in [0.29, 0.717) is 12.8 Å². The molecule has 0 radical (unpaired) electrons. The van der Waals surface area contributed by atoms with Gasteiger partial charge in [0, 0.05) is 12.5 Å². The Bertz CT molecular complexity index is 783. The van der Waals surface area contributed by atoms with Crippen LogP contribution in [0.2, 0.25) is 0 Å². The standard InChI is InChI=1S/C17H20F3NO3S/c1-11(22)9-15-14-10-12(17(18,19)20)7-8-16(14)25(23,24)21(15)13-5-3-2-4-6-13/h7-8,10,13,15H,2-6,9H2,1H3. The molecule has 1 aliphatic carbocycles. The Kier molecular flexibility index (Phi) is 4.70. The van der Waals surface area contributed by atoms with Gasteiger partial charge < -0.3 is 0 Å². The van der Waals surface area contributed by atoms with E-state index in [0.717, 1.165) is 37.5 Å². The van der Waals surface area contributed by atoms with E-state index in [1.54, 1.807) is 0 Å². The molecule has 1 aromatic rings. The van der Waals surface area contributed by atoms with Gasteiger partial charge in [0.2, 0.25) is 10.0 Å². The van der Waals surface area contributed by atoms with E-state index in [4.69, 9.17) is 0 Å². The summed E-state index contributed by atoms with van der Waals surface area (Å²) in [5.74, 6) is -0.244. The van der Waals surface area contributed by atoms with Crippen molar-refractivity contribution < 1.29 is 26.4 Å². The number of halogens is 3. The third-order valence-corrected chi connectivity index (χ3v) is 7.01. The maximum absolute atomic E-state index is 13.1. The first kappa shape index (κ1) is 18.4. The number of benzene rings is 1. The van der Waals surface area contributed by atoms with Crippen LogP contribution in [0.5, 0.6) is 0 Å². The lowest BCUT2D eigenvalue weighted by atomic mass is 9.92. The van der Waals surface area contributed by atoms with Crippen LogP contribution in [0.25, 0.3) is 0 Å². The summed E-state index contributed by atoms with van der Waals surface area (Å²) in [4.78, 5) is 11.6. The number of rotatable bonds is 3. The summed E-state index contributed by atoms with van der Waals surface area (Å²) in [7, 11) is -3.89. The maximum Gasteiger partial charge on any atom is 0.416 e. The monoisotopic (exact) mass is 375 g/mol. The number of alkyl halides is 3. The van der Waals surface area contributed by atoms with Crippen molar-refractivity contribution in [2.45, 2.75) is 68.6 Å². The van der Waals surface area contributed by atoms with Gasteiger partial charge in [0.1, 0.15) is 5.78 Å². The van der Waals surface area contributed by atoms with Gasteiger partial charge in [0.15, 0.2) is 0 Å². The predicted molar refractivity (Wildman–Crippen MR) is 85.4 cm³/mol. The van der Waals surface area contributed by atoms with E-state index in [-0.39, 0.29) is 28.7 Å². The molecule has 8 heteroatoms. The molecule has 0 amide bonds. The first-order valence-electron chi connectivity index (χ1n) is 8.36. The largest absolute Gasteiger partial charge is 0.416 e. The second-order valence-electron chi connectivity index (χ2n) is 6.80. The quantitative estimate of drug-likeness (QED) is 0.800. The average molecular weight is 375 g/mol. The van der Waals surface area contributed by atoms with E-state index < -0.39 is 27.8 Å². The van der Waals surface area contributed by atoms with E-state index in [2.05, 4.69) is 0 Å². The lowest BCUT2D eigenvalue weighted by Crippen LogP contribution is -2.40. The summed E-state index contributed by atoms with van der Waals surface area (Å²) in [5.41, 5.74) is -0.795. The molecule has 1 unspecified atom stereocenters. The molecule has 0 saturated heterocycles. The minimum Gasteiger partial charge on any atom is -0.300 e. The minimum atomic E-state index is -4.56. The van der Waals surface area contributed by atoms with E-state index in [1.165, 1.54) is 11.2 Å². The number of nitrogens with zero attached hydrogens (tertiary/aromatic N) is 1. The number of sulfonamides is 1. The van der Waals surface area contributed by atoms with Crippen molar-refractivity contribution in [2.75, 3.05) is 0 Å². The minimum absolute atomic E-state index is 0.0931. The van der Waals surface area contributed by atoms with Crippen LogP contribution < -0.4 is 0 Å². The molecule has 138 valence electrons. The summed E-state index contributed by atoms with van der Waals surface area (Å²) in [5, 5.41) is 0. The van der Waals surface area contributed by atoms with Crippen LogP contribution in [0.3, 0.4) is 0 Å². The number of carbonyl (C=O) groups excluding carboxylic acids is 1. The zero-order valence-electron chi connectivity index (χ0n) is 13.8. The summed E-state index contributed by atoms with van der Waals surface area (Å²) < 4.78 is 66.4. The topological polar surface area (TPSA) is 54.5 Å². The number of carbonyl (C=O) groups is 1. The Balaban J connectivity index is 2.11. The highest BCUT2D eigenvalue weighted by molar-refractivity contribution is 7.89. The molecule has 4 nitrogen and oxygen atoms in total. The van der Waals surface area contributed by atoms with Crippen molar-refractivity contribution in [1.29, 1.82) is 0 Å². The lowest BCUT2D eigenvalue weighted by molar-refractivity contribution is -0.137. The highest BCUT2D eigenvalue weighted by Gasteiger charge is 2.47. The van der Waals surface area contributed by atoms with Crippen LogP contribution in [0.15, 0.2) is 23.1 Å². The van der Waals surface area contributed by atoms with Gasteiger partial charge in [-0.05, 0) is 43.5 Å². The highest BCUT2D eigenvalue weighted by Crippen LogP contribution is 2.47. The molecule has 25 heavy (non-hydrogen) atoms. The van der Waals surface area contributed by atoms with Crippen molar-refractivity contribution in [3.63, 3.8) is 0 Å². The Morgan fingerprint density at radius 1 is 1.20 bits per heavy atom. The predicted octanol–water partition coefficient (Wildman–Crippen LogP) is 4.06. The zero-order valence-corrected chi connectivity index (χ0v) is 14.7. The molecule has 0 N–H and O–H groups in total. The van der Waals surface area contributed by atoms with Crippen molar-refractivity contribution in [3.05, 3.63) is 29.3 Å². The third kappa shape index (κ3) is 3.33. The van der Waals surface area contributed by atoms with Crippen LogP contribution in [0.1, 0.15) is 62.6 Å². The SMILES string of the molecule is CC(=O)CC1c2cc(C(F)(F)F)ccc2S(=O)(=O)N1C1CCCCC1. The first-order valence-corrected chi connectivity index (χ1v) is 9.80. The Labute approximate surface area is 145 Å². The fourth-order valence-electron chi connectivity index (χ4n) is 3.90. The Hall–Kier alpha value is -1.41. The van der Waals surface area contributed by atoms with Gasteiger partial charge in [-0.2, -0.15) is 17.5 Å². The molecule has 1 aromatic carbocycles. The number of fused-ring (bicyclic) bond motifs is 1. The second-order valence-corrected chi connectivity index (χ2v) is 8.61. The van der Waals surface area contributed by atoms with Crippen LogP contribution in [0, 0.1) is 0 Å². The molecule has 1 aliphatic heterocycles. The summed E-state index contributed by atoms with van der Waals surface area (Å²) in [6.07, 6.45) is -0.530. The van der Waals surface area contributed by atoms with Gasteiger partial charge in [-0.1, -0.05) is 19.3 Å². The van der Waals surface area contributed by atoms with Crippen molar-refractivity contribution in [2.24, 2.45) is 0 Å². The van der Waals surface area contributed by atoms with Gasteiger partial charge in [0.25, 0.3) is 0 Å². The molecule has 0 spiro atoms. The van der Waals surface area contributed by atoms with Crippen LogP contribution >= 0.6 is 0 Å². The molecule has 1 fully saturated rings. The molecule has 0 aromatic heterocycles. The number of hydrogen-bond donors (Lipinski definition) is 0. The van der Waals surface area contributed by atoms with Gasteiger partial charge in [-0.25, -0.2) is 8.42 Å². The van der Waals surface area contributed by atoms with Crippen molar-refractivity contribution >= 4 is 15.8 Å². The molecule has 0 bridgehead atoms. The average Bonchev–Trinajstić information content (AvgIpc) is 2.74. The number of hydrogen-bond acceptors (Lipinski definition) is 3.